The summed E-state index contributed by atoms with van der Waals surface area (Å²) in [6, 6.07) is 8.23. The normalized spacial score (nSPS) is 17.3. The minimum atomic E-state index is -3.12. The Labute approximate surface area is 197 Å². The minimum absolute atomic E-state index is 0. The second-order valence-electron chi connectivity index (χ2n) is 6.89. The van der Waals surface area contributed by atoms with E-state index in [2.05, 4.69) is 26.6 Å². The van der Waals surface area contributed by atoms with Gasteiger partial charge in [-0.25, -0.2) is 12.7 Å². The molecule has 0 bridgehead atoms. The van der Waals surface area contributed by atoms with Crippen LogP contribution in [0.1, 0.15) is 26.7 Å². The van der Waals surface area contributed by atoms with E-state index >= 15 is 0 Å². The number of benzene rings is 1. The van der Waals surface area contributed by atoms with Crippen LogP contribution in [0.2, 0.25) is 5.02 Å². The maximum atomic E-state index is 11.8. The third-order valence-electron chi connectivity index (χ3n) is 4.79. The lowest BCUT2D eigenvalue weighted by Gasteiger charge is -2.20. The molecule has 1 saturated heterocycles. The van der Waals surface area contributed by atoms with Crippen LogP contribution < -0.4 is 15.5 Å². The molecule has 1 aliphatic rings. The number of sulfonamides is 1. The van der Waals surface area contributed by atoms with Crippen LogP contribution in [0.4, 0.5) is 5.69 Å². The van der Waals surface area contributed by atoms with E-state index in [9.17, 15) is 8.42 Å². The molecule has 1 atom stereocenters. The molecule has 10 heteroatoms. The van der Waals surface area contributed by atoms with Crippen LogP contribution in [0.25, 0.3) is 0 Å². The van der Waals surface area contributed by atoms with Gasteiger partial charge in [0.1, 0.15) is 0 Å². The summed E-state index contributed by atoms with van der Waals surface area (Å²) in [5, 5.41) is 7.51. The predicted molar refractivity (Wildman–Crippen MR) is 133 cm³/mol. The fraction of sp³-hybridized carbons (Fsp3) is 0.632. The second-order valence-corrected chi connectivity index (χ2v) is 9.69. The van der Waals surface area contributed by atoms with Crippen molar-refractivity contribution in [3.8, 4) is 0 Å². The number of rotatable bonds is 9. The fourth-order valence-electron chi connectivity index (χ4n) is 3.14. The smallest absolute Gasteiger partial charge is 0.213 e. The Morgan fingerprint density at radius 1 is 1.38 bits per heavy atom. The highest BCUT2D eigenvalue weighted by Gasteiger charge is 2.23. The van der Waals surface area contributed by atoms with E-state index in [0.717, 1.165) is 42.7 Å². The Morgan fingerprint density at radius 2 is 2.14 bits per heavy atom. The van der Waals surface area contributed by atoms with Crippen molar-refractivity contribution >= 4 is 57.2 Å². The van der Waals surface area contributed by atoms with Gasteiger partial charge in [-0.05, 0) is 44.9 Å². The molecule has 0 radical (unpaired) electrons. The van der Waals surface area contributed by atoms with E-state index in [4.69, 9.17) is 11.6 Å². The molecule has 0 aromatic heterocycles. The van der Waals surface area contributed by atoms with Gasteiger partial charge in [0.2, 0.25) is 10.0 Å². The lowest BCUT2D eigenvalue weighted by atomic mass is 10.2. The van der Waals surface area contributed by atoms with Crippen molar-refractivity contribution in [1.82, 2.24) is 14.9 Å². The van der Waals surface area contributed by atoms with E-state index in [1.165, 1.54) is 4.31 Å². The van der Waals surface area contributed by atoms with E-state index in [1.54, 1.807) is 14.0 Å². The van der Waals surface area contributed by atoms with E-state index in [-0.39, 0.29) is 29.7 Å². The number of anilines is 1. The van der Waals surface area contributed by atoms with Crippen LogP contribution in [0.3, 0.4) is 0 Å². The zero-order valence-electron chi connectivity index (χ0n) is 17.4. The summed E-state index contributed by atoms with van der Waals surface area (Å²) in [7, 11) is -1.50. The Hall–Kier alpha value is -0.780. The zero-order chi connectivity index (χ0) is 20.6. The largest absolute Gasteiger partial charge is 0.369 e. The SMILES string of the molecule is CCNC(=NCCCN(C)S(=O)(=O)CC)NC1CCN(c2cccc(Cl)c2)C1.I. The van der Waals surface area contributed by atoms with Gasteiger partial charge in [-0.2, -0.15) is 0 Å². The van der Waals surface area contributed by atoms with Gasteiger partial charge in [0.25, 0.3) is 0 Å². The molecular formula is C19H33ClIN5O2S. The van der Waals surface area contributed by atoms with Crippen LogP contribution >= 0.6 is 35.6 Å². The van der Waals surface area contributed by atoms with Crippen molar-refractivity contribution in [1.29, 1.82) is 0 Å². The average Bonchev–Trinajstić information content (AvgIpc) is 3.13. The first kappa shape index (κ1) is 26.3. The quantitative estimate of drug-likeness (QED) is 0.211. The minimum Gasteiger partial charge on any atom is -0.369 e. The third kappa shape index (κ3) is 8.47. The highest BCUT2D eigenvalue weighted by atomic mass is 127. The lowest BCUT2D eigenvalue weighted by Crippen LogP contribution is -2.44. The number of halogens is 2. The molecule has 166 valence electrons. The summed E-state index contributed by atoms with van der Waals surface area (Å²) in [5.41, 5.74) is 1.14. The lowest BCUT2D eigenvalue weighted by molar-refractivity contribution is 0.464. The van der Waals surface area contributed by atoms with Gasteiger partial charge in [0.15, 0.2) is 5.96 Å². The summed E-state index contributed by atoms with van der Waals surface area (Å²) in [4.78, 5) is 6.92. The summed E-state index contributed by atoms with van der Waals surface area (Å²) < 4.78 is 25.0. The molecular weight excluding hydrogens is 525 g/mol. The molecule has 2 N–H and O–H groups in total. The number of guanidine groups is 1. The maximum absolute atomic E-state index is 11.8. The van der Waals surface area contributed by atoms with Gasteiger partial charge in [-0.15, -0.1) is 24.0 Å². The molecule has 29 heavy (non-hydrogen) atoms. The molecule has 0 saturated carbocycles. The molecule has 1 heterocycles. The fourth-order valence-corrected chi connectivity index (χ4v) is 4.18. The average molecular weight is 558 g/mol. The molecule has 1 aromatic rings. The highest BCUT2D eigenvalue weighted by Crippen LogP contribution is 2.23. The molecule has 0 aliphatic carbocycles. The molecule has 1 fully saturated rings. The standard InChI is InChI=1S/C19H32ClN5O2S.HI/c1-4-21-19(22-11-7-12-24(3)28(26,27)5-2)23-17-10-13-25(15-17)18-9-6-8-16(20)14-18;/h6,8-9,14,17H,4-5,7,10-13,15H2,1-3H3,(H2,21,22,23);1H. The van der Waals surface area contributed by atoms with Crippen molar-refractivity contribution in [3.05, 3.63) is 29.3 Å². The Morgan fingerprint density at radius 3 is 2.79 bits per heavy atom. The predicted octanol–water partition coefficient (Wildman–Crippen LogP) is 2.76. The van der Waals surface area contributed by atoms with Crippen LogP contribution in [0, 0.1) is 0 Å². The van der Waals surface area contributed by atoms with Crippen molar-refractivity contribution < 1.29 is 8.42 Å². The van der Waals surface area contributed by atoms with E-state index < -0.39 is 10.0 Å². The van der Waals surface area contributed by atoms with Crippen LogP contribution in [0.15, 0.2) is 29.3 Å². The van der Waals surface area contributed by atoms with Crippen molar-refractivity contribution in [3.63, 3.8) is 0 Å². The molecule has 7 nitrogen and oxygen atoms in total. The van der Waals surface area contributed by atoms with Gasteiger partial charge >= 0.3 is 0 Å². The van der Waals surface area contributed by atoms with E-state index in [1.807, 2.05) is 25.1 Å². The molecule has 2 rings (SSSR count). The monoisotopic (exact) mass is 557 g/mol. The summed E-state index contributed by atoms with van der Waals surface area (Å²) in [5.74, 6) is 0.906. The number of nitrogens with one attached hydrogen (secondary N) is 2. The van der Waals surface area contributed by atoms with Crippen LogP contribution in [-0.4, -0.2) is 70.2 Å². The highest BCUT2D eigenvalue weighted by molar-refractivity contribution is 14.0. The van der Waals surface area contributed by atoms with Gasteiger partial charge in [-0.1, -0.05) is 17.7 Å². The molecule has 0 spiro atoms. The van der Waals surface area contributed by atoms with E-state index in [0.29, 0.717) is 25.6 Å². The summed E-state index contributed by atoms with van der Waals surface area (Å²) in [6.07, 6.45) is 1.71. The molecule has 1 unspecified atom stereocenters. The molecule has 0 amide bonds. The van der Waals surface area contributed by atoms with Gasteiger partial charge in [0.05, 0.1) is 5.75 Å². The van der Waals surface area contributed by atoms with Gasteiger partial charge in [-0.3, -0.25) is 4.99 Å². The van der Waals surface area contributed by atoms with Gasteiger partial charge in [0, 0.05) is 56.5 Å². The maximum Gasteiger partial charge on any atom is 0.213 e. The first-order valence-corrected chi connectivity index (χ1v) is 11.8. The number of nitrogens with zero attached hydrogens (tertiary/aromatic N) is 3. The Kier molecular flexibility index (Phi) is 11.6. The second kappa shape index (κ2) is 12.8. The summed E-state index contributed by atoms with van der Waals surface area (Å²) in [6.45, 7) is 7.38. The van der Waals surface area contributed by atoms with Crippen LogP contribution in [-0.2, 0) is 10.0 Å². The first-order valence-electron chi connectivity index (χ1n) is 9.85. The first-order chi connectivity index (χ1) is 13.4. The number of hydrogen-bond acceptors (Lipinski definition) is 4. The van der Waals surface area contributed by atoms with Crippen molar-refractivity contribution in [2.75, 3.05) is 50.4 Å². The van der Waals surface area contributed by atoms with Crippen molar-refractivity contribution in [2.24, 2.45) is 4.99 Å². The third-order valence-corrected chi connectivity index (χ3v) is 6.88. The molecule has 1 aliphatic heterocycles. The number of hydrogen-bond donors (Lipinski definition) is 2. The Balaban J connectivity index is 0.00000420. The Bertz CT molecular complexity index is 763. The molecule has 1 aromatic carbocycles. The van der Waals surface area contributed by atoms with Crippen LogP contribution in [0.5, 0.6) is 0 Å². The topological polar surface area (TPSA) is 77.0 Å². The van der Waals surface area contributed by atoms with Gasteiger partial charge < -0.3 is 15.5 Å². The zero-order valence-corrected chi connectivity index (χ0v) is 21.3. The van der Waals surface area contributed by atoms with Crippen molar-refractivity contribution in [2.45, 2.75) is 32.7 Å². The number of aliphatic imine (C=N–C) groups is 1. The summed E-state index contributed by atoms with van der Waals surface area (Å²) >= 11 is 6.10.